The van der Waals surface area contributed by atoms with Crippen molar-refractivity contribution in [2.24, 2.45) is 16.1 Å². The van der Waals surface area contributed by atoms with E-state index >= 15 is 0 Å². The molecule has 3 N–H and O–H groups in total. The summed E-state index contributed by atoms with van der Waals surface area (Å²) in [4.78, 5) is 20.2. The quantitative estimate of drug-likeness (QED) is 0.349. The van der Waals surface area contributed by atoms with Gasteiger partial charge in [-0.2, -0.15) is 0 Å². The smallest absolute Gasteiger partial charge is 0.173 e. The number of anilines is 1. The Hall–Kier alpha value is -2.40. The summed E-state index contributed by atoms with van der Waals surface area (Å²) in [5.74, 6) is 0.516. The van der Waals surface area contributed by atoms with Crippen molar-refractivity contribution in [2.45, 2.75) is 52.0 Å². The van der Waals surface area contributed by atoms with Crippen molar-refractivity contribution >= 4 is 17.3 Å². The first-order valence-corrected chi connectivity index (χ1v) is 11.4. The van der Waals surface area contributed by atoms with Crippen molar-refractivity contribution in [1.82, 2.24) is 4.90 Å². The molecule has 0 aromatic heterocycles. The predicted octanol–water partition coefficient (Wildman–Crippen LogP) is 3.96. The van der Waals surface area contributed by atoms with Crippen molar-refractivity contribution in [3.8, 4) is 0 Å². The fraction of sp³-hybridized carbons (Fsp3) is 0.520. The van der Waals surface area contributed by atoms with Gasteiger partial charge in [0.05, 0.1) is 6.04 Å². The van der Waals surface area contributed by atoms with E-state index in [4.69, 9.17) is 10.7 Å². The minimum Gasteiger partial charge on any atom is -0.386 e. The Kier molecular flexibility index (Phi) is 7.86. The van der Waals surface area contributed by atoms with Crippen molar-refractivity contribution in [2.75, 3.05) is 31.5 Å². The minimum atomic E-state index is -0.791. The molecule has 5 heteroatoms. The van der Waals surface area contributed by atoms with Gasteiger partial charge in [-0.05, 0) is 56.6 Å². The first-order chi connectivity index (χ1) is 14.6. The molecule has 5 nitrogen and oxygen atoms in total. The summed E-state index contributed by atoms with van der Waals surface area (Å²) in [6, 6.07) is 8.35. The Balaban J connectivity index is 1.66. The van der Waals surface area contributed by atoms with Crippen LogP contribution in [-0.2, 0) is 11.2 Å². The molecule has 2 aliphatic rings. The molecule has 0 radical (unpaired) electrons. The highest BCUT2D eigenvalue weighted by Gasteiger charge is 2.39. The SMILES string of the molecule is CCN(CC)CCCCCC1(C(N)=NC2CNc3ccccc3C2)C=CC=CC1=O. The van der Waals surface area contributed by atoms with E-state index < -0.39 is 5.41 Å². The van der Waals surface area contributed by atoms with Crippen LogP contribution in [0.3, 0.4) is 0 Å². The van der Waals surface area contributed by atoms with E-state index in [0.717, 1.165) is 58.3 Å². The first-order valence-electron chi connectivity index (χ1n) is 11.4. The molecule has 162 valence electrons. The number of rotatable bonds is 10. The molecular formula is C25H36N4O. The van der Waals surface area contributed by atoms with Crippen molar-refractivity contribution < 1.29 is 4.79 Å². The lowest BCUT2D eigenvalue weighted by molar-refractivity contribution is -0.119. The number of benzene rings is 1. The lowest BCUT2D eigenvalue weighted by atomic mass is 9.75. The third-order valence-electron chi connectivity index (χ3n) is 6.40. The lowest BCUT2D eigenvalue weighted by Gasteiger charge is -2.31. The van der Waals surface area contributed by atoms with Gasteiger partial charge in [-0.3, -0.25) is 9.79 Å². The molecular weight excluding hydrogens is 372 g/mol. The average molecular weight is 409 g/mol. The Morgan fingerprint density at radius 3 is 2.77 bits per heavy atom. The summed E-state index contributed by atoms with van der Waals surface area (Å²) in [6.07, 6.45) is 12.1. The molecule has 1 aromatic carbocycles. The summed E-state index contributed by atoms with van der Waals surface area (Å²) in [6.45, 7) is 8.43. The van der Waals surface area contributed by atoms with Crippen LogP contribution in [0.15, 0.2) is 53.6 Å². The van der Waals surface area contributed by atoms with Gasteiger partial charge in [0.1, 0.15) is 11.3 Å². The number of nitrogens with one attached hydrogen (secondary N) is 1. The molecule has 0 bridgehead atoms. The van der Waals surface area contributed by atoms with Gasteiger partial charge in [0.25, 0.3) is 0 Å². The normalized spacial score (nSPS) is 23.5. The zero-order chi connectivity index (χ0) is 21.4. The van der Waals surface area contributed by atoms with E-state index in [1.54, 1.807) is 12.2 Å². The van der Waals surface area contributed by atoms with Gasteiger partial charge in [0, 0.05) is 12.2 Å². The maximum atomic E-state index is 12.9. The van der Waals surface area contributed by atoms with Gasteiger partial charge < -0.3 is 16.0 Å². The number of fused-ring (bicyclic) bond motifs is 1. The van der Waals surface area contributed by atoms with Gasteiger partial charge in [-0.25, -0.2) is 0 Å². The molecule has 0 saturated carbocycles. The second kappa shape index (κ2) is 10.6. The second-order valence-corrected chi connectivity index (χ2v) is 8.30. The van der Waals surface area contributed by atoms with Gasteiger partial charge in [-0.1, -0.05) is 63.1 Å². The number of hydrogen-bond acceptors (Lipinski definition) is 4. The maximum absolute atomic E-state index is 12.9. The molecule has 2 atom stereocenters. The first kappa shape index (κ1) is 22.3. The lowest BCUT2D eigenvalue weighted by Crippen LogP contribution is -2.44. The summed E-state index contributed by atoms with van der Waals surface area (Å²) in [7, 11) is 0. The van der Waals surface area contributed by atoms with E-state index in [2.05, 4.69) is 36.2 Å². The van der Waals surface area contributed by atoms with Crippen LogP contribution in [0.25, 0.3) is 0 Å². The Labute approximate surface area is 181 Å². The molecule has 0 fully saturated rings. The molecule has 1 heterocycles. The van der Waals surface area contributed by atoms with Crippen LogP contribution in [0.2, 0.25) is 0 Å². The van der Waals surface area contributed by atoms with E-state index in [-0.39, 0.29) is 11.8 Å². The Morgan fingerprint density at radius 2 is 2.00 bits per heavy atom. The molecule has 1 aliphatic heterocycles. The number of hydrogen-bond donors (Lipinski definition) is 2. The molecule has 2 unspecified atom stereocenters. The van der Waals surface area contributed by atoms with Gasteiger partial charge in [0.15, 0.2) is 5.78 Å². The van der Waals surface area contributed by atoms with Gasteiger partial charge in [-0.15, -0.1) is 0 Å². The average Bonchev–Trinajstić information content (AvgIpc) is 2.77. The number of allylic oxidation sites excluding steroid dienone is 3. The van der Waals surface area contributed by atoms with Crippen LogP contribution < -0.4 is 11.1 Å². The van der Waals surface area contributed by atoms with Crippen LogP contribution >= 0.6 is 0 Å². The minimum absolute atomic E-state index is 0.0477. The highest BCUT2D eigenvalue weighted by molar-refractivity contribution is 6.15. The third kappa shape index (κ3) is 5.20. The van der Waals surface area contributed by atoms with Crippen molar-refractivity contribution in [3.05, 3.63) is 54.1 Å². The van der Waals surface area contributed by atoms with Crippen molar-refractivity contribution in [3.63, 3.8) is 0 Å². The molecule has 0 amide bonds. The largest absolute Gasteiger partial charge is 0.386 e. The predicted molar refractivity (Wildman–Crippen MR) is 126 cm³/mol. The number of carbonyl (C=O) groups excluding carboxylic acids is 1. The van der Waals surface area contributed by atoms with E-state index in [1.807, 2.05) is 24.3 Å². The molecule has 0 saturated heterocycles. The summed E-state index contributed by atoms with van der Waals surface area (Å²) in [5, 5.41) is 3.44. The number of aliphatic imine (C=N–C) groups is 1. The monoisotopic (exact) mass is 408 g/mol. The number of nitrogens with two attached hydrogens (primary N) is 1. The molecule has 1 aromatic rings. The highest BCUT2D eigenvalue weighted by Crippen LogP contribution is 2.33. The Bertz CT molecular complexity index is 809. The van der Waals surface area contributed by atoms with Crippen LogP contribution in [0.5, 0.6) is 0 Å². The second-order valence-electron chi connectivity index (χ2n) is 8.30. The third-order valence-corrected chi connectivity index (χ3v) is 6.40. The van der Waals surface area contributed by atoms with Gasteiger partial charge in [0.2, 0.25) is 0 Å². The van der Waals surface area contributed by atoms with Crippen LogP contribution in [0.1, 0.15) is 45.1 Å². The van der Waals surface area contributed by atoms with Crippen LogP contribution in [-0.4, -0.2) is 48.7 Å². The molecule has 1 aliphatic carbocycles. The number of nitrogens with zero attached hydrogens (tertiary/aromatic N) is 2. The van der Waals surface area contributed by atoms with E-state index in [1.165, 1.54) is 11.3 Å². The Morgan fingerprint density at radius 1 is 1.20 bits per heavy atom. The van der Waals surface area contributed by atoms with Crippen molar-refractivity contribution in [1.29, 1.82) is 0 Å². The van der Waals surface area contributed by atoms with Crippen LogP contribution in [0, 0.1) is 5.41 Å². The summed E-state index contributed by atoms with van der Waals surface area (Å²) >= 11 is 0. The fourth-order valence-electron chi connectivity index (χ4n) is 4.42. The zero-order valence-electron chi connectivity index (χ0n) is 18.4. The number of unbranched alkanes of at least 4 members (excludes halogenated alkanes) is 2. The summed E-state index contributed by atoms with van der Waals surface area (Å²) < 4.78 is 0. The molecule has 3 rings (SSSR count). The molecule has 30 heavy (non-hydrogen) atoms. The number of para-hydroxylation sites is 1. The number of ketones is 1. The summed E-state index contributed by atoms with van der Waals surface area (Å²) in [5.41, 5.74) is 8.17. The van der Waals surface area contributed by atoms with E-state index in [0.29, 0.717) is 5.84 Å². The maximum Gasteiger partial charge on any atom is 0.173 e. The topological polar surface area (TPSA) is 70.7 Å². The highest BCUT2D eigenvalue weighted by atomic mass is 16.1. The number of amidine groups is 1. The fourth-order valence-corrected chi connectivity index (χ4v) is 4.42. The van der Waals surface area contributed by atoms with Crippen LogP contribution in [0.4, 0.5) is 5.69 Å². The number of carbonyl (C=O) groups is 1. The standard InChI is InChI=1S/C25H36N4O/c1-3-29(4-2)17-11-5-9-15-25(16-10-8-14-23(25)30)24(26)28-21-18-20-12-6-7-13-22(20)27-19-21/h6-8,10,12-14,16,21,27H,3-5,9,11,15,17-19H2,1-2H3,(H2,26,28). The zero-order valence-corrected chi connectivity index (χ0v) is 18.4. The van der Waals surface area contributed by atoms with Gasteiger partial charge >= 0.3 is 0 Å². The molecule has 0 spiro atoms. The van der Waals surface area contributed by atoms with E-state index in [9.17, 15) is 4.79 Å².